The number of nitrogen functional groups attached to an aromatic ring is 2. The van der Waals surface area contributed by atoms with Gasteiger partial charge in [0.25, 0.3) is 0 Å². The number of rotatable bonds is 3. The number of aromatic nitrogens is 4. The number of fused-ring (bicyclic) bond motifs is 1. The molecule has 1 amide bonds. The molecule has 29 heavy (non-hydrogen) atoms. The number of hydrogen-bond acceptors (Lipinski definition) is 6. The lowest BCUT2D eigenvalue weighted by Gasteiger charge is -2.34. The Morgan fingerprint density at radius 2 is 1.72 bits per heavy atom. The van der Waals surface area contributed by atoms with Crippen molar-refractivity contribution < 1.29 is 4.79 Å². The van der Waals surface area contributed by atoms with Crippen molar-refractivity contribution in [2.45, 2.75) is 39.7 Å². The number of piperidine rings is 1. The predicted molar refractivity (Wildman–Crippen MR) is 114 cm³/mol. The molecule has 4 N–H and O–H groups in total. The number of amides is 1. The first-order valence-electron chi connectivity index (χ1n) is 10.0. The number of imidazole rings is 1. The van der Waals surface area contributed by atoms with E-state index >= 15 is 0 Å². The van der Waals surface area contributed by atoms with Crippen LogP contribution in [0.25, 0.3) is 22.4 Å². The van der Waals surface area contributed by atoms with Crippen LogP contribution in [0.2, 0.25) is 0 Å². The Morgan fingerprint density at radius 1 is 1.07 bits per heavy atom. The molecule has 152 valence electrons. The fraction of sp³-hybridized carbons (Fsp3) is 0.429. The minimum absolute atomic E-state index is 0.0341. The third kappa shape index (κ3) is 3.62. The van der Waals surface area contributed by atoms with E-state index in [0.29, 0.717) is 11.6 Å². The summed E-state index contributed by atoms with van der Waals surface area (Å²) in [6.07, 6.45) is 1.79. The van der Waals surface area contributed by atoms with Gasteiger partial charge in [0.05, 0.1) is 5.69 Å². The molecule has 3 aromatic rings. The topological polar surface area (TPSA) is 116 Å². The Hall–Kier alpha value is -3.16. The van der Waals surface area contributed by atoms with Gasteiger partial charge in [-0.05, 0) is 44.0 Å². The van der Waals surface area contributed by atoms with Gasteiger partial charge in [-0.15, -0.1) is 0 Å². The molecule has 0 radical (unpaired) electrons. The molecular formula is C21H27N7O. The highest BCUT2D eigenvalue weighted by Crippen LogP contribution is 2.30. The third-order valence-corrected chi connectivity index (χ3v) is 5.51. The number of pyridine rings is 2. The lowest BCUT2D eigenvalue weighted by atomic mass is 10.0. The summed E-state index contributed by atoms with van der Waals surface area (Å²) in [7, 11) is 0. The Labute approximate surface area is 169 Å². The Balaban J connectivity index is 1.67. The van der Waals surface area contributed by atoms with Crippen molar-refractivity contribution in [2.75, 3.05) is 24.6 Å². The van der Waals surface area contributed by atoms with Gasteiger partial charge in [0.2, 0.25) is 5.91 Å². The third-order valence-electron chi connectivity index (χ3n) is 5.51. The van der Waals surface area contributed by atoms with Gasteiger partial charge in [-0.2, -0.15) is 0 Å². The zero-order valence-corrected chi connectivity index (χ0v) is 17.1. The average Bonchev–Trinajstić information content (AvgIpc) is 3.01. The summed E-state index contributed by atoms with van der Waals surface area (Å²) in [4.78, 5) is 27.9. The lowest BCUT2D eigenvalue weighted by molar-refractivity contribution is -0.135. The fourth-order valence-electron chi connectivity index (χ4n) is 4.12. The normalized spacial score (nSPS) is 15.4. The smallest absolute Gasteiger partial charge is 0.225 e. The SMILES string of the molecule is Cc1nc2ccc(-c3cc(N)nc(N)c3)nc2n1C1CCN(C(=O)C(C)C)CC1. The maximum atomic E-state index is 12.3. The second-order valence-electron chi connectivity index (χ2n) is 7.98. The van der Waals surface area contributed by atoms with Crippen LogP contribution in [0, 0.1) is 12.8 Å². The highest BCUT2D eigenvalue weighted by Gasteiger charge is 2.27. The summed E-state index contributed by atoms with van der Waals surface area (Å²) in [6.45, 7) is 7.43. The second-order valence-corrected chi connectivity index (χ2v) is 7.98. The maximum absolute atomic E-state index is 12.3. The molecule has 1 saturated heterocycles. The molecule has 4 heterocycles. The van der Waals surface area contributed by atoms with Gasteiger partial charge in [-0.3, -0.25) is 4.79 Å². The molecule has 0 spiro atoms. The van der Waals surface area contributed by atoms with E-state index in [1.165, 1.54) is 0 Å². The Bertz CT molecular complexity index is 1040. The molecule has 8 nitrogen and oxygen atoms in total. The summed E-state index contributed by atoms with van der Waals surface area (Å²) < 4.78 is 2.21. The van der Waals surface area contributed by atoms with Crippen molar-refractivity contribution in [1.29, 1.82) is 0 Å². The maximum Gasteiger partial charge on any atom is 0.225 e. The van der Waals surface area contributed by atoms with E-state index in [9.17, 15) is 4.79 Å². The Kier molecular flexibility index (Phi) is 4.86. The van der Waals surface area contributed by atoms with Crippen LogP contribution in [0.5, 0.6) is 0 Å². The van der Waals surface area contributed by atoms with Gasteiger partial charge in [-0.25, -0.2) is 15.0 Å². The first-order valence-corrected chi connectivity index (χ1v) is 10.0. The van der Waals surface area contributed by atoms with Crippen LogP contribution in [0.15, 0.2) is 24.3 Å². The predicted octanol–water partition coefficient (Wildman–Crippen LogP) is 2.79. The van der Waals surface area contributed by atoms with Gasteiger partial charge < -0.3 is 20.9 Å². The van der Waals surface area contributed by atoms with Crippen LogP contribution in [-0.4, -0.2) is 43.4 Å². The van der Waals surface area contributed by atoms with Gasteiger partial charge >= 0.3 is 0 Å². The molecular weight excluding hydrogens is 366 g/mol. The molecule has 1 aliphatic heterocycles. The van der Waals surface area contributed by atoms with Crippen LogP contribution < -0.4 is 11.5 Å². The van der Waals surface area contributed by atoms with Crippen LogP contribution in [0.1, 0.15) is 38.6 Å². The summed E-state index contributed by atoms with van der Waals surface area (Å²) >= 11 is 0. The minimum Gasteiger partial charge on any atom is -0.384 e. The lowest BCUT2D eigenvalue weighted by Crippen LogP contribution is -2.41. The Morgan fingerprint density at radius 3 is 2.34 bits per heavy atom. The number of nitrogens with zero attached hydrogens (tertiary/aromatic N) is 5. The van der Waals surface area contributed by atoms with Crippen molar-refractivity contribution in [2.24, 2.45) is 5.92 Å². The van der Waals surface area contributed by atoms with Crippen LogP contribution in [0.4, 0.5) is 11.6 Å². The zero-order chi connectivity index (χ0) is 20.7. The summed E-state index contributed by atoms with van der Waals surface area (Å²) in [6, 6.07) is 7.72. The quantitative estimate of drug-likeness (QED) is 0.707. The van der Waals surface area contributed by atoms with Gasteiger partial charge in [0.1, 0.15) is 23.0 Å². The molecule has 1 fully saturated rings. The second kappa shape index (κ2) is 7.35. The van der Waals surface area contributed by atoms with E-state index in [1.807, 2.05) is 37.8 Å². The van der Waals surface area contributed by atoms with E-state index in [2.05, 4.69) is 9.55 Å². The highest BCUT2D eigenvalue weighted by molar-refractivity contribution is 5.79. The molecule has 4 rings (SSSR count). The number of aryl methyl sites for hydroxylation is 1. The van der Waals surface area contributed by atoms with Crippen LogP contribution in [-0.2, 0) is 4.79 Å². The number of likely N-dealkylation sites (tertiary alicyclic amines) is 1. The molecule has 0 aliphatic carbocycles. The molecule has 8 heteroatoms. The van der Waals surface area contributed by atoms with E-state index in [-0.39, 0.29) is 17.9 Å². The summed E-state index contributed by atoms with van der Waals surface area (Å²) in [5.41, 5.74) is 15.0. The van der Waals surface area contributed by atoms with Crippen molar-refractivity contribution in [3.63, 3.8) is 0 Å². The molecule has 0 unspecified atom stereocenters. The average molecular weight is 393 g/mol. The number of carbonyl (C=O) groups excluding carboxylic acids is 1. The highest BCUT2D eigenvalue weighted by atomic mass is 16.2. The number of anilines is 2. The van der Waals surface area contributed by atoms with Crippen molar-refractivity contribution in [1.82, 2.24) is 24.4 Å². The number of hydrogen-bond donors (Lipinski definition) is 2. The largest absolute Gasteiger partial charge is 0.384 e. The molecule has 3 aromatic heterocycles. The monoisotopic (exact) mass is 393 g/mol. The van der Waals surface area contributed by atoms with Crippen molar-refractivity contribution in [3.05, 3.63) is 30.1 Å². The van der Waals surface area contributed by atoms with Gasteiger partial charge in [-0.1, -0.05) is 13.8 Å². The standard InChI is InChI=1S/C21H27N7O/c1-12(2)21(29)27-8-6-15(7-9-27)28-13(3)24-17-5-4-16(25-20(17)28)14-10-18(22)26-19(23)11-14/h4-5,10-12,15H,6-9H2,1-3H3,(H4,22,23,26). The zero-order valence-electron chi connectivity index (χ0n) is 17.1. The molecule has 0 saturated carbocycles. The van der Waals surface area contributed by atoms with E-state index in [0.717, 1.165) is 54.2 Å². The summed E-state index contributed by atoms with van der Waals surface area (Å²) in [5.74, 6) is 1.94. The molecule has 0 bridgehead atoms. The number of nitrogens with two attached hydrogens (primary N) is 2. The summed E-state index contributed by atoms with van der Waals surface area (Å²) in [5, 5.41) is 0. The van der Waals surface area contributed by atoms with Gasteiger partial charge in [0, 0.05) is 30.6 Å². The molecule has 1 aliphatic rings. The van der Waals surface area contributed by atoms with E-state index in [4.69, 9.17) is 21.4 Å². The number of carbonyl (C=O) groups is 1. The molecule has 0 atom stereocenters. The van der Waals surface area contributed by atoms with Gasteiger partial charge in [0.15, 0.2) is 5.65 Å². The van der Waals surface area contributed by atoms with Crippen LogP contribution in [0.3, 0.4) is 0 Å². The van der Waals surface area contributed by atoms with Crippen molar-refractivity contribution >= 4 is 28.7 Å². The first-order chi connectivity index (χ1) is 13.8. The van der Waals surface area contributed by atoms with Crippen LogP contribution >= 0.6 is 0 Å². The van der Waals surface area contributed by atoms with E-state index in [1.54, 1.807) is 12.1 Å². The first kappa shape index (κ1) is 19.2. The minimum atomic E-state index is 0.0341. The van der Waals surface area contributed by atoms with E-state index < -0.39 is 0 Å². The molecule has 0 aromatic carbocycles. The van der Waals surface area contributed by atoms with Crippen molar-refractivity contribution in [3.8, 4) is 11.3 Å². The fourth-order valence-corrected chi connectivity index (χ4v) is 4.12.